The lowest BCUT2D eigenvalue weighted by Gasteiger charge is -2.15. The van der Waals surface area contributed by atoms with Crippen LogP contribution < -0.4 is 11.1 Å². The fourth-order valence-electron chi connectivity index (χ4n) is 1.17. The van der Waals surface area contributed by atoms with E-state index in [2.05, 4.69) is 23.1 Å². The second-order valence-corrected chi connectivity index (χ2v) is 3.10. The van der Waals surface area contributed by atoms with Crippen molar-refractivity contribution < 1.29 is 0 Å². The molecule has 3 N–H and O–H groups in total. The number of hydrogen-bond donors (Lipinski definition) is 2. The molecule has 0 aliphatic carbocycles. The first-order valence-corrected chi connectivity index (χ1v) is 4.68. The van der Waals surface area contributed by atoms with Gasteiger partial charge in [-0.15, -0.1) is 12.3 Å². The summed E-state index contributed by atoms with van der Waals surface area (Å²) in [6, 6.07) is 3.87. The van der Waals surface area contributed by atoms with Crippen molar-refractivity contribution in [2.75, 3.05) is 11.1 Å². The number of nitrogens with two attached hydrogens (primary N) is 1. The minimum Gasteiger partial charge on any atom is -0.396 e. The Kier molecular flexibility index (Phi) is 3.81. The molecule has 14 heavy (non-hydrogen) atoms. The van der Waals surface area contributed by atoms with Gasteiger partial charge in [-0.25, -0.2) is 4.98 Å². The van der Waals surface area contributed by atoms with Crippen LogP contribution in [0.15, 0.2) is 18.3 Å². The number of pyridine rings is 1. The first-order chi connectivity index (χ1) is 6.77. The van der Waals surface area contributed by atoms with E-state index in [1.807, 2.05) is 12.1 Å². The first kappa shape index (κ1) is 10.4. The molecule has 1 aromatic heterocycles. The monoisotopic (exact) mass is 189 g/mol. The third-order valence-corrected chi connectivity index (χ3v) is 2.04. The number of nitrogens with one attached hydrogen (secondary N) is 1. The molecule has 0 fully saturated rings. The summed E-state index contributed by atoms with van der Waals surface area (Å²) in [6.45, 7) is 2.08. The van der Waals surface area contributed by atoms with Crippen LogP contribution in [0.25, 0.3) is 0 Å². The quantitative estimate of drug-likeness (QED) is 0.711. The molecule has 0 bridgehead atoms. The zero-order valence-corrected chi connectivity index (χ0v) is 8.33. The molecule has 1 heterocycles. The maximum absolute atomic E-state index is 5.74. The van der Waals surface area contributed by atoms with Gasteiger partial charge in [0.15, 0.2) is 0 Å². The molecule has 0 saturated heterocycles. The van der Waals surface area contributed by atoms with Gasteiger partial charge in [0.05, 0.1) is 5.69 Å². The van der Waals surface area contributed by atoms with E-state index in [9.17, 15) is 0 Å². The third-order valence-electron chi connectivity index (χ3n) is 2.04. The normalized spacial score (nSPS) is 11.7. The van der Waals surface area contributed by atoms with Gasteiger partial charge in [-0.2, -0.15) is 0 Å². The fraction of sp³-hybridized carbons (Fsp3) is 0.364. The molecule has 0 radical (unpaired) electrons. The summed E-state index contributed by atoms with van der Waals surface area (Å²) >= 11 is 0. The molecule has 1 aromatic rings. The Morgan fingerprint density at radius 1 is 1.71 bits per heavy atom. The van der Waals surface area contributed by atoms with E-state index in [1.165, 1.54) is 0 Å². The fourth-order valence-corrected chi connectivity index (χ4v) is 1.17. The van der Waals surface area contributed by atoms with E-state index >= 15 is 0 Å². The second kappa shape index (κ2) is 5.13. The number of rotatable bonds is 4. The predicted octanol–water partition coefficient (Wildman–Crippen LogP) is 1.88. The van der Waals surface area contributed by atoms with Gasteiger partial charge in [-0.05, 0) is 18.6 Å². The number of hydrogen-bond acceptors (Lipinski definition) is 3. The molecule has 0 aliphatic rings. The van der Waals surface area contributed by atoms with Crippen molar-refractivity contribution in [1.29, 1.82) is 0 Å². The Balaban J connectivity index is 2.68. The number of aromatic nitrogens is 1. The molecule has 3 nitrogen and oxygen atoms in total. The van der Waals surface area contributed by atoms with Crippen LogP contribution in [0.3, 0.4) is 0 Å². The van der Waals surface area contributed by atoms with Gasteiger partial charge in [-0.1, -0.05) is 6.92 Å². The standard InChI is InChI=1S/C11H15N3/c1-3-6-9(4-2)14-11-10(12)7-5-8-13-11/h1,5,7-9H,4,6,12H2,2H3,(H,13,14). The molecule has 74 valence electrons. The van der Waals surface area contributed by atoms with Crippen LogP contribution >= 0.6 is 0 Å². The van der Waals surface area contributed by atoms with E-state index in [4.69, 9.17) is 12.2 Å². The molecule has 0 saturated carbocycles. The zero-order valence-electron chi connectivity index (χ0n) is 8.33. The van der Waals surface area contributed by atoms with Crippen LogP contribution in [0.1, 0.15) is 19.8 Å². The molecule has 1 unspecified atom stereocenters. The Bertz CT molecular complexity index is 328. The maximum atomic E-state index is 5.74. The van der Waals surface area contributed by atoms with Crippen molar-refractivity contribution in [3.63, 3.8) is 0 Å². The average molecular weight is 189 g/mol. The first-order valence-electron chi connectivity index (χ1n) is 4.68. The average Bonchev–Trinajstić information content (AvgIpc) is 2.20. The smallest absolute Gasteiger partial charge is 0.149 e. The van der Waals surface area contributed by atoms with Crippen LogP contribution in [0.5, 0.6) is 0 Å². The second-order valence-electron chi connectivity index (χ2n) is 3.10. The van der Waals surface area contributed by atoms with Gasteiger partial charge >= 0.3 is 0 Å². The number of terminal acetylenes is 1. The molecule has 0 aromatic carbocycles. The summed E-state index contributed by atoms with van der Waals surface area (Å²) in [4.78, 5) is 4.14. The molecule has 0 amide bonds. The lowest BCUT2D eigenvalue weighted by atomic mass is 10.1. The molecule has 0 aliphatic heterocycles. The van der Waals surface area contributed by atoms with E-state index in [-0.39, 0.29) is 6.04 Å². The maximum Gasteiger partial charge on any atom is 0.149 e. The van der Waals surface area contributed by atoms with E-state index in [0.29, 0.717) is 12.1 Å². The molecule has 0 spiro atoms. The summed E-state index contributed by atoms with van der Waals surface area (Å²) in [5.41, 5.74) is 6.40. The SMILES string of the molecule is C#CCC(CC)Nc1ncccc1N. The van der Waals surface area contributed by atoms with E-state index in [0.717, 1.165) is 12.2 Å². The number of anilines is 2. The highest BCUT2D eigenvalue weighted by atomic mass is 15.0. The van der Waals surface area contributed by atoms with Gasteiger partial charge in [0, 0.05) is 18.7 Å². The number of nitrogen functional groups attached to an aromatic ring is 1. The topological polar surface area (TPSA) is 50.9 Å². The van der Waals surface area contributed by atoms with Gasteiger partial charge in [0.2, 0.25) is 0 Å². The Labute approximate surface area is 84.7 Å². The Hall–Kier alpha value is -1.69. The van der Waals surface area contributed by atoms with Crippen molar-refractivity contribution in [2.24, 2.45) is 0 Å². The van der Waals surface area contributed by atoms with Gasteiger partial charge < -0.3 is 11.1 Å². The van der Waals surface area contributed by atoms with Gasteiger partial charge in [-0.3, -0.25) is 0 Å². The van der Waals surface area contributed by atoms with Crippen LogP contribution in [0.4, 0.5) is 11.5 Å². The van der Waals surface area contributed by atoms with Crippen molar-refractivity contribution >= 4 is 11.5 Å². The molecular formula is C11H15N3. The number of nitrogens with zero attached hydrogens (tertiary/aromatic N) is 1. The highest BCUT2D eigenvalue weighted by Crippen LogP contribution is 2.15. The lowest BCUT2D eigenvalue weighted by molar-refractivity contribution is 0.712. The van der Waals surface area contributed by atoms with Crippen LogP contribution in [-0.4, -0.2) is 11.0 Å². The summed E-state index contributed by atoms with van der Waals surface area (Å²) < 4.78 is 0. The van der Waals surface area contributed by atoms with Crippen molar-refractivity contribution in [3.8, 4) is 12.3 Å². The summed E-state index contributed by atoms with van der Waals surface area (Å²) in [6.07, 6.45) is 8.61. The highest BCUT2D eigenvalue weighted by molar-refractivity contribution is 5.60. The minimum absolute atomic E-state index is 0.247. The molecule has 1 atom stereocenters. The van der Waals surface area contributed by atoms with E-state index < -0.39 is 0 Å². The third kappa shape index (κ3) is 2.67. The molecule has 3 heteroatoms. The minimum atomic E-state index is 0.247. The summed E-state index contributed by atoms with van der Waals surface area (Å²) in [7, 11) is 0. The van der Waals surface area contributed by atoms with E-state index in [1.54, 1.807) is 6.20 Å². The van der Waals surface area contributed by atoms with Crippen molar-refractivity contribution in [1.82, 2.24) is 4.98 Å². The highest BCUT2D eigenvalue weighted by Gasteiger charge is 2.06. The van der Waals surface area contributed by atoms with Crippen molar-refractivity contribution in [2.45, 2.75) is 25.8 Å². The molecule has 1 rings (SSSR count). The van der Waals surface area contributed by atoms with Gasteiger partial charge in [0.25, 0.3) is 0 Å². The molecular weight excluding hydrogens is 174 g/mol. The zero-order chi connectivity index (χ0) is 10.4. The lowest BCUT2D eigenvalue weighted by Crippen LogP contribution is -2.19. The predicted molar refractivity (Wildman–Crippen MR) is 59.8 cm³/mol. The summed E-state index contributed by atoms with van der Waals surface area (Å²) in [5.74, 6) is 3.34. The largest absolute Gasteiger partial charge is 0.396 e. The van der Waals surface area contributed by atoms with Crippen LogP contribution in [0, 0.1) is 12.3 Å². The van der Waals surface area contributed by atoms with Gasteiger partial charge in [0.1, 0.15) is 5.82 Å². The Morgan fingerprint density at radius 3 is 3.07 bits per heavy atom. The van der Waals surface area contributed by atoms with Crippen molar-refractivity contribution in [3.05, 3.63) is 18.3 Å². The summed E-state index contributed by atoms with van der Waals surface area (Å²) in [5, 5.41) is 3.22. The van der Waals surface area contributed by atoms with Crippen LogP contribution in [0.2, 0.25) is 0 Å². The van der Waals surface area contributed by atoms with Crippen LogP contribution in [-0.2, 0) is 0 Å². The Morgan fingerprint density at radius 2 is 2.50 bits per heavy atom.